The van der Waals surface area contributed by atoms with E-state index in [1.165, 1.54) is 64.2 Å². The van der Waals surface area contributed by atoms with Crippen LogP contribution < -0.4 is 0 Å². The van der Waals surface area contributed by atoms with Gasteiger partial charge in [-0.05, 0) is 0 Å². The van der Waals surface area contributed by atoms with E-state index in [9.17, 15) is 0 Å². The van der Waals surface area contributed by atoms with Crippen LogP contribution in [0.15, 0.2) is 54.6 Å². The Balaban J connectivity index is -0.000000350. The summed E-state index contributed by atoms with van der Waals surface area (Å²) in [6, 6.07) is 25.5. The van der Waals surface area contributed by atoms with Crippen LogP contribution in [0.3, 0.4) is 0 Å². The van der Waals surface area contributed by atoms with Crippen LogP contribution in [0.2, 0.25) is 0 Å². The summed E-state index contributed by atoms with van der Waals surface area (Å²) >= 11 is 4.62. The molecule has 170 valence electrons. The molecule has 0 aromatic heterocycles. The second-order valence-corrected chi connectivity index (χ2v) is 6.11. The summed E-state index contributed by atoms with van der Waals surface area (Å²) in [5.74, 6) is 0. The topological polar surface area (TPSA) is 34.1 Å². The first-order chi connectivity index (χ1) is 14.4. The number of rotatable bonds is 10. The molecule has 0 aliphatic rings. The van der Waals surface area contributed by atoms with Crippen molar-refractivity contribution >= 4 is 0 Å². The van der Waals surface area contributed by atoms with Gasteiger partial charge in [0.1, 0.15) is 0 Å². The maximum absolute atomic E-state index is 7.94. The molecule has 0 atom stereocenters. The van der Waals surface area contributed by atoms with Crippen molar-refractivity contribution in [2.75, 3.05) is 0 Å². The van der Waals surface area contributed by atoms with E-state index in [0.717, 1.165) is 6.42 Å². The fourth-order valence-electron chi connectivity index (χ4n) is 2.31. The summed E-state index contributed by atoms with van der Waals surface area (Å²) in [7, 11) is 0. The molecule has 0 radical (unpaired) electrons. The maximum atomic E-state index is 7.94. The predicted octanol–water partition coefficient (Wildman–Crippen LogP) is 7.66. The van der Waals surface area contributed by atoms with Crippen LogP contribution in [-0.2, 0) is 39.1 Å². The zero-order chi connectivity index (χ0) is 22.3. The molecule has 0 heterocycles. The van der Waals surface area contributed by atoms with Gasteiger partial charge in [-0.1, -0.05) is 71.1 Å². The first-order valence-electron chi connectivity index (χ1n) is 10.2. The molecule has 29 heavy (non-hydrogen) atoms. The monoisotopic (exact) mass is 486 g/mol. The first kappa shape index (κ1) is 32.7. The molecule has 0 N–H and O–H groups in total. The fraction of sp³-hybridized carbons (Fsp3) is 0.480. The second-order valence-electron chi connectivity index (χ2n) is 6.11. The Hall–Kier alpha value is -0.947. The van der Waals surface area contributed by atoms with Gasteiger partial charge >= 0.3 is 39.1 Å². The van der Waals surface area contributed by atoms with E-state index >= 15 is 0 Å². The third kappa shape index (κ3) is 38.3. The van der Waals surface area contributed by atoms with E-state index in [-0.39, 0.29) is 0 Å². The SMILES string of the molecule is [CH2-]CCCCCCCCCCCC.[O]=[Co].[O]=[Co].[c-]1cc[c-]cc1.[c-]1ccccc1. The molecule has 0 spiro atoms. The minimum atomic E-state index is 1.12. The van der Waals surface area contributed by atoms with Gasteiger partial charge in [-0.2, -0.15) is 42.8 Å². The molecule has 2 aromatic rings. The van der Waals surface area contributed by atoms with Gasteiger partial charge in [-0.15, -0.1) is 0 Å². The molecule has 2 aromatic carbocycles. The minimum Gasteiger partial charge on any atom is -0.319 e. The smallest absolute Gasteiger partial charge is 0.171 e. The van der Waals surface area contributed by atoms with Gasteiger partial charge in [0.25, 0.3) is 0 Å². The van der Waals surface area contributed by atoms with Crippen LogP contribution in [0.1, 0.15) is 77.6 Å². The van der Waals surface area contributed by atoms with Crippen LogP contribution in [-0.4, -0.2) is 0 Å². The predicted molar refractivity (Wildman–Crippen MR) is 113 cm³/mol. The van der Waals surface area contributed by atoms with Gasteiger partial charge in [-0.25, -0.2) is 0 Å². The molecule has 2 rings (SSSR count). The normalized spacial score (nSPS) is 8.41. The molecule has 0 amide bonds. The van der Waals surface area contributed by atoms with Gasteiger partial charge < -0.3 is 19.1 Å². The average molecular weight is 486 g/mol. The van der Waals surface area contributed by atoms with Gasteiger partial charge in [-0.3, -0.25) is 24.3 Å². The van der Waals surface area contributed by atoms with E-state index < -0.39 is 0 Å². The summed E-state index contributed by atoms with van der Waals surface area (Å²) in [6.45, 7) is 6.13. The quantitative estimate of drug-likeness (QED) is 0.255. The van der Waals surface area contributed by atoms with Gasteiger partial charge in [0, 0.05) is 0 Å². The Kier molecular flexibility index (Phi) is 42.6. The van der Waals surface area contributed by atoms with Crippen molar-refractivity contribution in [3.05, 3.63) is 79.7 Å². The van der Waals surface area contributed by atoms with Crippen molar-refractivity contribution < 1.29 is 39.1 Å². The Morgan fingerprint density at radius 2 is 0.897 bits per heavy atom. The Morgan fingerprint density at radius 3 is 1.14 bits per heavy atom. The van der Waals surface area contributed by atoms with E-state index in [0.29, 0.717) is 0 Å². The van der Waals surface area contributed by atoms with Crippen LogP contribution in [0.25, 0.3) is 0 Å². The molecule has 0 saturated carbocycles. The van der Waals surface area contributed by atoms with E-state index in [4.69, 9.17) is 7.73 Å². The zero-order valence-corrected chi connectivity index (χ0v) is 19.7. The molecule has 4 heteroatoms. The molecule has 2 nitrogen and oxygen atoms in total. The minimum absolute atomic E-state index is 1.12. The van der Waals surface area contributed by atoms with E-state index in [1.54, 1.807) is 0 Å². The fourth-order valence-corrected chi connectivity index (χ4v) is 2.31. The molecule has 0 bridgehead atoms. The van der Waals surface area contributed by atoms with Gasteiger partial charge in [0.05, 0.1) is 0 Å². The van der Waals surface area contributed by atoms with Crippen molar-refractivity contribution in [1.82, 2.24) is 0 Å². The second kappa shape index (κ2) is 37.8. The molecular weight excluding hydrogens is 450 g/mol. The molecule has 0 fully saturated rings. The Morgan fingerprint density at radius 1 is 0.552 bits per heavy atom. The van der Waals surface area contributed by atoms with Crippen molar-refractivity contribution in [2.45, 2.75) is 77.6 Å². The van der Waals surface area contributed by atoms with Crippen LogP contribution >= 0.6 is 0 Å². The molecule has 0 saturated heterocycles. The van der Waals surface area contributed by atoms with Crippen molar-refractivity contribution in [3.63, 3.8) is 0 Å². The number of hydrogen-bond donors (Lipinski definition) is 0. The third-order valence-electron chi connectivity index (χ3n) is 3.76. The van der Waals surface area contributed by atoms with Crippen LogP contribution in [0.5, 0.6) is 0 Å². The largest absolute Gasteiger partial charge is 0.319 e. The van der Waals surface area contributed by atoms with Crippen molar-refractivity contribution in [2.24, 2.45) is 0 Å². The average Bonchev–Trinajstić information content (AvgIpc) is 2.84. The summed E-state index contributed by atoms with van der Waals surface area (Å²) < 4.78 is 15.9. The summed E-state index contributed by atoms with van der Waals surface area (Å²) in [5, 5.41) is 0. The molecule has 0 unspecified atom stereocenters. The molecular formula is C25H36Co2O2-4. The van der Waals surface area contributed by atoms with Crippen LogP contribution in [0.4, 0.5) is 0 Å². The van der Waals surface area contributed by atoms with E-state index in [1.807, 2.05) is 54.6 Å². The molecule has 0 aliphatic heterocycles. The van der Waals surface area contributed by atoms with Gasteiger partial charge in [0.15, 0.2) is 0 Å². The number of benzene rings is 2. The zero-order valence-electron chi connectivity index (χ0n) is 17.7. The van der Waals surface area contributed by atoms with Crippen LogP contribution in [0, 0.1) is 25.1 Å². The molecule has 0 aliphatic carbocycles. The summed E-state index contributed by atoms with van der Waals surface area (Å²) in [4.78, 5) is 0. The maximum Gasteiger partial charge on any atom is -0.171 e. The number of hydrogen-bond acceptors (Lipinski definition) is 2. The van der Waals surface area contributed by atoms with E-state index in [2.05, 4.69) is 63.4 Å². The number of unbranched alkanes of at least 4 members (excludes halogenated alkanes) is 10. The van der Waals surface area contributed by atoms with Gasteiger partial charge in [0.2, 0.25) is 0 Å². The first-order valence-corrected chi connectivity index (χ1v) is 11.1. The summed E-state index contributed by atoms with van der Waals surface area (Å²) in [5.41, 5.74) is 0. The standard InChI is InChI=1S/C13H27.C6H5.C6H4.2Co.2O/c1-3-5-7-9-11-13-12-10-8-6-4-2;2*1-2-4-6-5-3-1;;;;/h1,3-13H2,2H3;1-5H;1-2,5-6H;;;;/q2*-1;-2;;;;. The Bertz CT molecular complexity index is 358. The third-order valence-corrected chi connectivity index (χ3v) is 3.76. The van der Waals surface area contributed by atoms with Crippen molar-refractivity contribution in [3.8, 4) is 0 Å². The Labute approximate surface area is 195 Å². The van der Waals surface area contributed by atoms with Crippen molar-refractivity contribution in [1.29, 1.82) is 0 Å². The summed E-state index contributed by atoms with van der Waals surface area (Å²) in [6.07, 6.45) is 15.4.